The van der Waals surface area contributed by atoms with Gasteiger partial charge in [-0.3, -0.25) is 0 Å². The molecule has 5 nitrogen and oxygen atoms in total. The van der Waals surface area contributed by atoms with E-state index in [0.717, 1.165) is 16.4 Å². The van der Waals surface area contributed by atoms with Crippen molar-refractivity contribution in [3.05, 3.63) is 46.7 Å². The highest BCUT2D eigenvalue weighted by atomic mass is 35.5. The highest BCUT2D eigenvalue weighted by Crippen LogP contribution is 2.23. The van der Waals surface area contributed by atoms with Crippen LogP contribution in [-0.4, -0.2) is 9.97 Å². The molecule has 0 aliphatic carbocycles. The summed E-state index contributed by atoms with van der Waals surface area (Å²) in [5.41, 5.74) is 3.42. The molecule has 0 radical (unpaired) electrons. The maximum atomic E-state index is 6.15. The van der Waals surface area contributed by atoms with E-state index in [1.165, 1.54) is 0 Å². The average molecular weight is 306 g/mol. The molecule has 0 atom stereocenters. The number of benzene rings is 1. The number of aromatic nitrogens is 2. The Labute approximate surface area is 129 Å². The lowest BCUT2D eigenvalue weighted by atomic mass is 9.96. The van der Waals surface area contributed by atoms with Gasteiger partial charge in [-0.1, -0.05) is 50.6 Å². The number of nitrogens with one attached hydrogen (secondary N) is 2. The molecule has 0 fully saturated rings. The van der Waals surface area contributed by atoms with Crippen LogP contribution in [0.4, 0.5) is 11.6 Å². The molecule has 0 bridgehead atoms. The van der Waals surface area contributed by atoms with Crippen LogP contribution in [0.5, 0.6) is 0 Å². The molecular formula is C15H20ClN5. The largest absolute Gasteiger partial charge is 0.366 e. The first-order valence-electron chi connectivity index (χ1n) is 6.73. The monoisotopic (exact) mass is 305 g/mol. The SMILES string of the molecule is CC(C)(C)c1nc(NN)cc(NCc2ccccc2Cl)n1. The fraction of sp³-hybridized carbons (Fsp3) is 0.333. The molecular weight excluding hydrogens is 286 g/mol. The Morgan fingerprint density at radius 1 is 1.14 bits per heavy atom. The summed E-state index contributed by atoms with van der Waals surface area (Å²) in [7, 11) is 0. The Balaban J connectivity index is 2.22. The summed E-state index contributed by atoms with van der Waals surface area (Å²) in [6.45, 7) is 6.76. The van der Waals surface area contributed by atoms with Gasteiger partial charge in [0, 0.05) is 23.0 Å². The number of nitrogens with zero attached hydrogens (tertiary/aromatic N) is 2. The Kier molecular flexibility index (Phi) is 4.65. The zero-order valence-electron chi connectivity index (χ0n) is 12.4. The predicted molar refractivity (Wildman–Crippen MR) is 87.3 cm³/mol. The van der Waals surface area contributed by atoms with Gasteiger partial charge in [-0.25, -0.2) is 15.8 Å². The van der Waals surface area contributed by atoms with Gasteiger partial charge in [-0.2, -0.15) is 0 Å². The lowest BCUT2D eigenvalue weighted by Gasteiger charge is -2.19. The maximum Gasteiger partial charge on any atom is 0.145 e. The van der Waals surface area contributed by atoms with Crippen molar-refractivity contribution in [1.29, 1.82) is 0 Å². The number of hydrazine groups is 1. The van der Waals surface area contributed by atoms with Crippen LogP contribution >= 0.6 is 11.6 Å². The Morgan fingerprint density at radius 2 is 1.81 bits per heavy atom. The van der Waals surface area contributed by atoms with E-state index in [4.69, 9.17) is 17.4 Å². The van der Waals surface area contributed by atoms with Gasteiger partial charge in [0.15, 0.2) is 0 Å². The van der Waals surface area contributed by atoms with E-state index in [1.54, 1.807) is 6.07 Å². The minimum absolute atomic E-state index is 0.159. The quantitative estimate of drug-likeness (QED) is 0.597. The van der Waals surface area contributed by atoms with Crippen LogP contribution in [0.25, 0.3) is 0 Å². The van der Waals surface area contributed by atoms with Crippen molar-refractivity contribution in [3.63, 3.8) is 0 Å². The molecule has 112 valence electrons. The van der Waals surface area contributed by atoms with Gasteiger partial charge in [0.1, 0.15) is 17.5 Å². The van der Waals surface area contributed by atoms with E-state index >= 15 is 0 Å². The van der Waals surface area contributed by atoms with E-state index < -0.39 is 0 Å². The Hall–Kier alpha value is -1.85. The van der Waals surface area contributed by atoms with Gasteiger partial charge < -0.3 is 10.7 Å². The van der Waals surface area contributed by atoms with E-state index in [9.17, 15) is 0 Å². The summed E-state index contributed by atoms with van der Waals surface area (Å²) in [5, 5.41) is 3.99. The fourth-order valence-corrected chi connectivity index (χ4v) is 1.98. The van der Waals surface area contributed by atoms with Crippen molar-refractivity contribution < 1.29 is 0 Å². The molecule has 0 unspecified atom stereocenters. The Morgan fingerprint density at radius 3 is 2.43 bits per heavy atom. The fourth-order valence-electron chi connectivity index (χ4n) is 1.77. The molecule has 2 aromatic rings. The standard InChI is InChI=1S/C15H20ClN5/c1-15(2,3)14-19-12(8-13(20-14)21-17)18-9-10-6-4-5-7-11(10)16/h4-8H,9,17H2,1-3H3,(H2,18,19,20,21). The zero-order chi connectivity index (χ0) is 15.5. The number of nitrogen functional groups attached to an aromatic ring is 1. The van der Waals surface area contributed by atoms with Gasteiger partial charge in [0.2, 0.25) is 0 Å². The molecule has 1 heterocycles. The number of anilines is 2. The molecule has 1 aromatic carbocycles. The predicted octanol–water partition coefficient (Wildman–Crippen LogP) is 3.33. The minimum atomic E-state index is -0.159. The summed E-state index contributed by atoms with van der Waals surface area (Å²) in [6, 6.07) is 9.47. The topological polar surface area (TPSA) is 75.9 Å². The third kappa shape index (κ3) is 4.06. The summed E-state index contributed by atoms with van der Waals surface area (Å²) in [6.07, 6.45) is 0. The van der Waals surface area contributed by atoms with Crippen molar-refractivity contribution in [2.75, 3.05) is 10.7 Å². The smallest absolute Gasteiger partial charge is 0.145 e. The number of hydrogen-bond donors (Lipinski definition) is 3. The molecule has 0 amide bonds. The van der Waals surface area contributed by atoms with Crippen LogP contribution in [0.3, 0.4) is 0 Å². The second kappa shape index (κ2) is 6.28. The minimum Gasteiger partial charge on any atom is -0.366 e. The van der Waals surface area contributed by atoms with Crippen LogP contribution in [0.15, 0.2) is 30.3 Å². The lowest BCUT2D eigenvalue weighted by Crippen LogP contribution is -2.20. The van der Waals surface area contributed by atoms with E-state index in [2.05, 4.69) is 41.5 Å². The molecule has 0 aliphatic heterocycles. The van der Waals surface area contributed by atoms with Crippen molar-refractivity contribution in [3.8, 4) is 0 Å². The van der Waals surface area contributed by atoms with Crippen molar-refractivity contribution in [2.45, 2.75) is 32.7 Å². The summed E-state index contributed by atoms with van der Waals surface area (Å²) in [4.78, 5) is 8.92. The molecule has 21 heavy (non-hydrogen) atoms. The molecule has 0 spiro atoms. The lowest BCUT2D eigenvalue weighted by molar-refractivity contribution is 0.546. The molecule has 4 N–H and O–H groups in total. The van der Waals surface area contributed by atoms with E-state index in [0.29, 0.717) is 18.2 Å². The first-order valence-corrected chi connectivity index (χ1v) is 7.11. The van der Waals surface area contributed by atoms with Crippen molar-refractivity contribution in [2.24, 2.45) is 5.84 Å². The molecule has 6 heteroatoms. The van der Waals surface area contributed by atoms with Gasteiger partial charge in [0.05, 0.1) is 0 Å². The summed E-state index contributed by atoms with van der Waals surface area (Å²) >= 11 is 6.15. The molecule has 0 saturated heterocycles. The van der Waals surface area contributed by atoms with Gasteiger partial charge in [0.25, 0.3) is 0 Å². The Bertz CT molecular complexity index is 622. The van der Waals surface area contributed by atoms with E-state index in [-0.39, 0.29) is 5.41 Å². The average Bonchev–Trinajstić information content (AvgIpc) is 2.45. The van der Waals surface area contributed by atoms with Crippen molar-refractivity contribution in [1.82, 2.24) is 9.97 Å². The zero-order valence-corrected chi connectivity index (χ0v) is 13.2. The number of halogens is 1. The van der Waals surface area contributed by atoms with Gasteiger partial charge in [-0.05, 0) is 11.6 Å². The summed E-state index contributed by atoms with van der Waals surface area (Å²) in [5.74, 6) is 7.49. The first kappa shape index (κ1) is 15.5. The summed E-state index contributed by atoms with van der Waals surface area (Å²) < 4.78 is 0. The number of rotatable bonds is 4. The molecule has 0 aliphatic rings. The van der Waals surface area contributed by atoms with Crippen LogP contribution in [0.2, 0.25) is 5.02 Å². The van der Waals surface area contributed by atoms with Crippen molar-refractivity contribution >= 4 is 23.2 Å². The number of nitrogens with two attached hydrogens (primary N) is 1. The second-order valence-corrected chi connectivity index (χ2v) is 6.21. The molecule has 1 aromatic heterocycles. The van der Waals surface area contributed by atoms with Crippen LogP contribution in [0.1, 0.15) is 32.2 Å². The molecule has 2 rings (SSSR count). The third-order valence-corrected chi connectivity index (χ3v) is 3.33. The van der Waals surface area contributed by atoms with Crippen LogP contribution in [-0.2, 0) is 12.0 Å². The normalized spacial score (nSPS) is 11.3. The second-order valence-electron chi connectivity index (χ2n) is 5.80. The van der Waals surface area contributed by atoms with Gasteiger partial charge >= 0.3 is 0 Å². The van der Waals surface area contributed by atoms with E-state index in [1.807, 2.05) is 24.3 Å². The maximum absolute atomic E-state index is 6.15. The van der Waals surface area contributed by atoms with Gasteiger partial charge in [-0.15, -0.1) is 0 Å². The third-order valence-electron chi connectivity index (χ3n) is 2.96. The van der Waals surface area contributed by atoms with Crippen LogP contribution in [0, 0.1) is 0 Å². The first-order chi connectivity index (χ1) is 9.90. The highest BCUT2D eigenvalue weighted by Gasteiger charge is 2.19. The highest BCUT2D eigenvalue weighted by molar-refractivity contribution is 6.31. The number of hydrogen-bond acceptors (Lipinski definition) is 5. The van der Waals surface area contributed by atoms with Crippen LogP contribution < -0.4 is 16.6 Å². The molecule has 0 saturated carbocycles.